The molecule has 36 heteroatoms. The summed E-state index contributed by atoms with van der Waals surface area (Å²) in [7, 11) is 19.3. The van der Waals surface area contributed by atoms with Crippen LogP contribution < -0.4 is 32.7 Å². The van der Waals surface area contributed by atoms with Crippen LogP contribution in [0.4, 0.5) is 19.2 Å². The van der Waals surface area contributed by atoms with Crippen molar-refractivity contribution >= 4 is 114 Å². The Morgan fingerprint density at radius 2 is 0.925 bits per heavy atom. The van der Waals surface area contributed by atoms with Crippen LogP contribution in [-0.4, -0.2) is 237 Å². The number of carboxylic acids is 1. The molecule has 444 valence electrons. The molecule has 80 heavy (non-hydrogen) atoms. The Morgan fingerprint density at radius 1 is 0.562 bits per heavy atom. The molecule has 0 aromatic carbocycles. The second kappa shape index (κ2) is 42.7. The summed E-state index contributed by atoms with van der Waals surface area (Å²) in [6, 6.07) is -4.15. The summed E-state index contributed by atoms with van der Waals surface area (Å²) >= 11 is 0. The minimum Gasteiger partial charge on any atom is -0.481 e. The molecule has 32 nitrogen and oxygen atoms in total. The molecule has 0 bridgehead atoms. The number of carbonyl (C=O) groups excluding carboxylic acids is 13. The number of aliphatic hydroxyl groups excluding tert-OH is 3. The minimum absolute atomic E-state index is 0. The summed E-state index contributed by atoms with van der Waals surface area (Å²) in [5.74, 6) is -10.9. The Kier molecular flexibility index (Phi) is 41.2. The molecule has 8 radical (unpaired) electrons. The molecule has 4 rings (SSSR count). The largest absolute Gasteiger partial charge is 0.481 e. The first kappa shape index (κ1) is 77.1. The number of nitrogens with two attached hydrogens (primary N) is 2. The summed E-state index contributed by atoms with van der Waals surface area (Å²) in [5, 5.41) is 42.9. The third kappa shape index (κ3) is 39.2. The zero-order chi connectivity index (χ0) is 60.9. The maximum Gasteiger partial charge on any atom is 0.323 e. The molecule has 4 amide bonds. The molecule has 4 fully saturated rings. The van der Waals surface area contributed by atoms with Crippen LogP contribution in [0.15, 0.2) is 0 Å². The molecule has 0 saturated carbocycles. The summed E-state index contributed by atoms with van der Waals surface area (Å²) < 4.78 is 37.8. The number of aliphatic hydroxyl groups is 3. The number of amides is 4. The first-order valence-corrected chi connectivity index (χ1v) is 23.5. The Balaban J connectivity index is -0.000000444. The number of cyclic esters (lactones) is 8. The van der Waals surface area contributed by atoms with Crippen LogP contribution in [0.5, 0.6) is 0 Å². The van der Waals surface area contributed by atoms with Crippen LogP contribution in [0.2, 0.25) is 0 Å². The number of aliphatic carboxylic acids is 1. The van der Waals surface area contributed by atoms with E-state index in [4.69, 9.17) is 83.9 Å². The van der Waals surface area contributed by atoms with E-state index < -0.39 is 144 Å². The number of rotatable bonds is 12. The molecular formula is C44H70B4N6O26. The Morgan fingerprint density at radius 3 is 1.29 bits per heavy atom. The van der Waals surface area contributed by atoms with E-state index in [1.165, 1.54) is 6.92 Å². The van der Waals surface area contributed by atoms with E-state index in [1.807, 2.05) is 0 Å². The van der Waals surface area contributed by atoms with Crippen molar-refractivity contribution in [2.45, 2.75) is 103 Å². The monoisotopic (exact) mass is 1140 g/mol. The van der Waals surface area contributed by atoms with Gasteiger partial charge >= 0.3 is 59.7 Å². The van der Waals surface area contributed by atoms with E-state index in [1.54, 1.807) is 20.8 Å². The molecule has 9 unspecified atom stereocenters. The number of ether oxygens (including phenoxy) is 8. The van der Waals surface area contributed by atoms with Gasteiger partial charge in [-0.15, -0.1) is 0 Å². The van der Waals surface area contributed by atoms with Gasteiger partial charge in [0.2, 0.25) is 31.4 Å². The molecule has 0 aromatic rings. The highest BCUT2D eigenvalue weighted by Gasteiger charge is 2.30. The average molecular weight is 1140 g/mol. The zero-order valence-electron chi connectivity index (χ0n) is 43.6. The van der Waals surface area contributed by atoms with Crippen molar-refractivity contribution in [3.8, 4) is 0 Å². The van der Waals surface area contributed by atoms with Gasteiger partial charge in [0, 0.05) is 1.43 Å². The maximum atomic E-state index is 11.3. The van der Waals surface area contributed by atoms with E-state index in [2.05, 4.69) is 38.6 Å². The number of esters is 9. The van der Waals surface area contributed by atoms with Crippen molar-refractivity contribution < 1.29 is 127 Å². The average Bonchev–Trinajstić information content (AvgIpc) is 3.72. The number of nitrogens with one attached hydrogen (secondary N) is 4. The van der Waals surface area contributed by atoms with Gasteiger partial charge in [-0.3, -0.25) is 67.1 Å². The number of carboxylic acid groups (broad SMARTS) is 1. The number of hydrogen-bond acceptors (Lipinski definition) is 27. The van der Waals surface area contributed by atoms with Gasteiger partial charge in [-0.25, -0.2) is 0 Å². The summed E-state index contributed by atoms with van der Waals surface area (Å²) in [6.07, 6.45) is -0.237. The maximum absolute atomic E-state index is 11.3. The van der Waals surface area contributed by atoms with Gasteiger partial charge in [-0.1, -0.05) is 35.1 Å². The van der Waals surface area contributed by atoms with Crippen molar-refractivity contribution in [3.63, 3.8) is 0 Å². The second-order valence-corrected chi connectivity index (χ2v) is 17.1. The Bertz CT molecular complexity index is 2020. The van der Waals surface area contributed by atoms with Gasteiger partial charge < -0.3 is 91.1 Å². The van der Waals surface area contributed by atoms with Crippen LogP contribution in [0.1, 0.15) is 68.7 Å². The van der Waals surface area contributed by atoms with Crippen LogP contribution in [-0.2, 0) is 85.8 Å². The van der Waals surface area contributed by atoms with Gasteiger partial charge in [0.1, 0.15) is 52.3 Å². The quantitative estimate of drug-likeness (QED) is 0.0378. The lowest BCUT2D eigenvalue weighted by Crippen LogP contribution is -2.42. The second-order valence-electron chi connectivity index (χ2n) is 17.1. The van der Waals surface area contributed by atoms with Crippen molar-refractivity contribution in [1.82, 2.24) is 21.3 Å². The van der Waals surface area contributed by atoms with Crippen LogP contribution in [0.25, 0.3) is 0 Å². The van der Waals surface area contributed by atoms with Crippen LogP contribution >= 0.6 is 0 Å². The normalized spacial score (nSPS) is 22.6. The molecule has 4 aliphatic rings. The fraction of sp³-hybridized carbons (Fsp3) is 0.682. The van der Waals surface area contributed by atoms with Crippen molar-refractivity contribution in [2.75, 3.05) is 66.1 Å². The van der Waals surface area contributed by atoms with E-state index >= 15 is 0 Å². The van der Waals surface area contributed by atoms with Crippen LogP contribution in [0, 0.1) is 23.7 Å². The van der Waals surface area contributed by atoms with Gasteiger partial charge in [0.05, 0.1) is 106 Å². The highest BCUT2D eigenvalue weighted by molar-refractivity contribution is 6.58. The Labute approximate surface area is 466 Å². The van der Waals surface area contributed by atoms with E-state index in [9.17, 15) is 67.1 Å². The molecule has 4 saturated heterocycles. The fourth-order valence-corrected chi connectivity index (χ4v) is 5.22. The van der Waals surface area contributed by atoms with Crippen LogP contribution in [0.3, 0.4) is 0 Å². The first-order valence-electron chi connectivity index (χ1n) is 23.5. The highest BCUT2D eigenvalue weighted by atomic mass is 16.6. The van der Waals surface area contributed by atoms with Gasteiger partial charge in [0.25, 0.3) is 0 Å². The highest BCUT2D eigenvalue weighted by Crippen LogP contribution is 2.14. The SMILES string of the molecule is C.CC1CC(=O)OC1=O.CC1CC(=O)OCC(N)COC1=O.[B]C(=O)NC(CO)CO.[B]C(=O)NC(CO)COC(=O)CC(C)C(=O)O.[B]C(=O)NC1COC(=O)CC(C)C(=O)OC1.[B]C(=O)NC1COC(=O)CC(N)C(=O)OC1.[HH]. The first-order chi connectivity index (χ1) is 36.8. The molecule has 9 atom stereocenters. The Hall–Kier alpha value is -7.16. The van der Waals surface area contributed by atoms with Crippen molar-refractivity contribution in [3.05, 3.63) is 0 Å². The van der Waals surface area contributed by atoms with E-state index in [0.29, 0.717) is 0 Å². The molecule has 0 spiro atoms. The van der Waals surface area contributed by atoms with E-state index in [0.717, 1.165) is 0 Å². The lowest BCUT2D eigenvalue weighted by atomic mass is 10.1. The summed E-state index contributed by atoms with van der Waals surface area (Å²) in [4.78, 5) is 151. The molecule has 4 aliphatic heterocycles. The standard InChI is InChI=1S/C9H14BNO6.C9H12BNO5.C8H11BN2O5.C8H13NO4.C5H6O3.C4H8BNO3.CH4.H2/c1-5(8(14)15)2-7(13)17-4-6(3-12)11-9(10)16;1-5-2-7(12)15-3-6(11-9(10)14)4-16-8(5)13;9-8(14)11-4-2-15-6(12)1-5(10)7(13)16-3-4;1-5-2-7(10)12-3-6(9)4-13-8(5)11;1-3-2-4(6)8-5(3)7;5-4(9)6-3(1-7)2-8;;/h5-6,12H,2-4H2,1H3,(H,11,16)(H,14,15);5-6H,2-4H2,1H3,(H,11,14);4-5H,1-3,10H2,(H,11,14);5-6H,2-4,9H2,1H3;3H,2H2,1H3;3,7-8H,1-2H2,(H,6,9);1H4;1H. The van der Waals surface area contributed by atoms with Gasteiger partial charge in [-0.2, -0.15) is 0 Å². The molecule has 0 aromatic heterocycles. The third-order valence-corrected chi connectivity index (χ3v) is 9.56. The van der Waals surface area contributed by atoms with Gasteiger partial charge in [0.15, 0.2) is 23.2 Å². The number of carbonyl (C=O) groups is 14. The minimum atomic E-state index is -1.10. The third-order valence-electron chi connectivity index (χ3n) is 9.56. The smallest absolute Gasteiger partial charge is 0.323 e. The fourth-order valence-electron chi connectivity index (χ4n) is 5.22. The number of hydrogen-bond donors (Lipinski definition) is 10. The summed E-state index contributed by atoms with van der Waals surface area (Å²) in [5.41, 5.74) is 10.9. The summed E-state index contributed by atoms with van der Waals surface area (Å²) in [6.45, 7) is 4.79. The van der Waals surface area contributed by atoms with Gasteiger partial charge in [-0.05, 0) is 0 Å². The lowest BCUT2D eigenvalue weighted by molar-refractivity contribution is -0.153. The molecule has 4 heterocycles. The van der Waals surface area contributed by atoms with Crippen molar-refractivity contribution in [2.24, 2.45) is 35.1 Å². The molecular weight excluding hydrogens is 1070 g/mol. The van der Waals surface area contributed by atoms with E-state index in [-0.39, 0.29) is 106 Å². The topological polar surface area (TPSA) is 494 Å². The lowest BCUT2D eigenvalue weighted by Gasteiger charge is -2.16. The molecule has 12 N–H and O–H groups in total. The molecule has 0 aliphatic carbocycles. The predicted molar refractivity (Wildman–Crippen MR) is 274 cm³/mol. The predicted octanol–water partition coefficient (Wildman–Crippen LogP) is -5.08. The zero-order valence-corrected chi connectivity index (χ0v) is 43.6. The van der Waals surface area contributed by atoms with Crippen molar-refractivity contribution in [1.29, 1.82) is 0 Å².